The van der Waals surface area contributed by atoms with Gasteiger partial charge < -0.3 is 5.73 Å². The van der Waals surface area contributed by atoms with Crippen molar-refractivity contribution in [3.63, 3.8) is 0 Å². The summed E-state index contributed by atoms with van der Waals surface area (Å²) in [6.45, 7) is 0. The number of aromatic nitrogens is 2. The van der Waals surface area contributed by atoms with Gasteiger partial charge in [0.25, 0.3) is 0 Å². The van der Waals surface area contributed by atoms with E-state index in [0.717, 1.165) is 5.01 Å². The van der Waals surface area contributed by atoms with E-state index in [2.05, 4.69) is 9.97 Å². The van der Waals surface area contributed by atoms with Gasteiger partial charge in [0.2, 0.25) is 5.91 Å². The Labute approximate surface area is 84.4 Å². The van der Waals surface area contributed by atoms with Gasteiger partial charge in [-0.15, -0.1) is 11.3 Å². The van der Waals surface area contributed by atoms with Crippen LogP contribution in [0.15, 0.2) is 30.0 Å². The second-order valence-corrected chi connectivity index (χ2v) is 3.52. The van der Waals surface area contributed by atoms with Gasteiger partial charge in [-0.25, -0.2) is 4.98 Å². The van der Waals surface area contributed by atoms with E-state index >= 15 is 0 Å². The van der Waals surface area contributed by atoms with Gasteiger partial charge in [0.15, 0.2) is 0 Å². The molecule has 5 heteroatoms. The van der Waals surface area contributed by atoms with Gasteiger partial charge in [0, 0.05) is 29.5 Å². The molecule has 0 bridgehead atoms. The molecule has 0 aromatic carbocycles. The molecule has 1 amide bonds. The van der Waals surface area contributed by atoms with Crippen molar-refractivity contribution in [2.75, 3.05) is 0 Å². The van der Waals surface area contributed by atoms with Crippen LogP contribution in [0.1, 0.15) is 10.4 Å². The Morgan fingerprint density at radius 2 is 2.29 bits per heavy atom. The van der Waals surface area contributed by atoms with Crippen molar-refractivity contribution >= 4 is 17.2 Å². The first kappa shape index (κ1) is 8.83. The molecule has 2 rings (SSSR count). The highest BCUT2D eigenvalue weighted by Gasteiger charge is 2.10. The summed E-state index contributed by atoms with van der Waals surface area (Å²) in [5.41, 5.74) is 6.37. The highest BCUT2D eigenvalue weighted by molar-refractivity contribution is 7.13. The third-order valence-corrected chi connectivity index (χ3v) is 2.56. The fraction of sp³-hybridized carbons (Fsp3) is 0. The minimum Gasteiger partial charge on any atom is -0.366 e. The van der Waals surface area contributed by atoms with Crippen LogP contribution >= 0.6 is 11.3 Å². The van der Waals surface area contributed by atoms with Gasteiger partial charge in [-0.05, 0) is 6.07 Å². The fourth-order valence-corrected chi connectivity index (χ4v) is 1.80. The molecule has 14 heavy (non-hydrogen) atoms. The van der Waals surface area contributed by atoms with E-state index in [4.69, 9.17) is 5.73 Å². The Balaban J connectivity index is 2.58. The monoisotopic (exact) mass is 205 g/mol. The van der Waals surface area contributed by atoms with Crippen LogP contribution in [0.25, 0.3) is 10.6 Å². The van der Waals surface area contributed by atoms with E-state index in [1.54, 1.807) is 18.5 Å². The first-order valence-electron chi connectivity index (χ1n) is 3.92. The highest BCUT2D eigenvalue weighted by atomic mass is 32.1. The maximum atomic E-state index is 11.1. The van der Waals surface area contributed by atoms with Crippen molar-refractivity contribution in [1.82, 2.24) is 9.97 Å². The lowest BCUT2D eigenvalue weighted by atomic mass is 10.1. The van der Waals surface area contributed by atoms with Crippen LogP contribution in [-0.4, -0.2) is 15.9 Å². The van der Waals surface area contributed by atoms with Gasteiger partial charge in [0.1, 0.15) is 5.01 Å². The number of nitrogens with zero attached hydrogens (tertiary/aromatic N) is 2. The number of hydrogen-bond acceptors (Lipinski definition) is 4. The standard InChI is InChI=1S/C9H7N3OS/c10-8(13)6-1-2-11-5-7(6)9-12-3-4-14-9/h1-5H,(H2,10,13). The van der Waals surface area contributed by atoms with E-state index in [1.807, 2.05) is 5.38 Å². The Hall–Kier alpha value is -1.75. The summed E-state index contributed by atoms with van der Waals surface area (Å²) in [5, 5.41) is 2.60. The minimum atomic E-state index is -0.461. The predicted octanol–water partition coefficient (Wildman–Crippen LogP) is 1.30. The van der Waals surface area contributed by atoms with Gasteiger partial charge in [-0.3, -0.25) is 9.78 Å². The average molecular weight is 205 g/mol. The van der Waals surface area contributed by atoms with Crippen molar-refractivity contribution in [1.29, 1.82) is 0 Å². The van der Waals surface area contributed by atoms with E-state index in [0.29, 0.717) is 11.1 Å². The zero-order valence-electron chi connectivity index (χ0n) is 7.18. The molecular weight excluding hydrogens is 198 g/mol. The van der Waals surface area contributed by atoms with Crippen LogP contribution in [0.5, 0.6) is 0 Å². The van der Waals surface area contributed by atoms with Crippen molar-refractivity contribution < 1.29 is 4.79 Å². The predicted molar refractivity (Wildman–Crippen MR) is 53.9 cm³/mol. The summed E-state index contributed by atoms with van der Waals surface area (Å²) in [6.07, 6.45) is 4.81. The Morgan fingerprint density at radius 3 is 2.93 bits per heavy atom. The molecule has 0 spiro atoms. The average Bonchev–Trinajstić information content (AvgIpc) is 2.70. The van der Waals surface area contributed by atoms with Crippen LogP contribution < -0.4 is 5.73 Å². The van der Waals surface area contributed by atoms with Crippen molar-refractivity contribution in [3.8, 4) is 10.6 Å². The van der Waals surface area contributed by atoms with Crippen molar-refractivity contribution in [3.05, 3.63) is 35.6 Å². The normalized spacial score (nSPS) is 10.0. The number of amides is 1. The lowest BCUT2D eigenvalue weighted by Gasteiger charge is -2.01. The first-order chi connectivity index (χ1) is 6.79. The number of nitrogens with two attached hydrogens (primary N) is 1. The SMILES string of the molecule is NC(=O)c1ccncc1-c1nccs1. The number of hydrogen-bond donors (Lipinski definition) is 1. The number of carbonyl (C=O) groups is 1. The topological polar surface area (TPSA) is 68.9 Å². The van der Waals surface area contributed by atoms with Crippen LogP contribution in [0.2, 0.25) is 0 Å². The number of thiazole rings is 1. The summed E-state index contributed by atoms with van der Waals surface area (Å²) in [6, 6.07) is 1.60. The molecule has 0 fully saturated rings. The molecule has 0 aliphatic carbocycles. The number of carbonyl (C=O) groups excluding carboxylic acids is 1. The molecule has 70 valence electrons. The third-order valence-electron chi connectivity index (χ3n) is 1.75. The van der Waals surface area contributed by atoms with Gasteiger partial charge in [-0.1, -0.05) is 0 Å². The van der Waals surface area contributed by atoms with Gasteiger partial charge in [0.05, 0.1) is 5.56 Å². The maximum absolute atomic E-state index is 11.1. The van der Waals surface area contributed by atoms with Crippen LogP contribution in [0.4, 0.5) is 0 Å². The van der Waals surface area contributed by atoms with Crippen LogP contribution in [-0.2, 0) is 0 Å². The molecular formula is C9H7N3OS. The van der Waals surface area contributed by atoms with Crippen molar-refractivity contribution in [2.24, 2.45) is 5.73 Å². The maximum Gasteiger partial charge on any atom is 0.249 e. The molecule has 2 aromatic heterocycles. The quantitative estimate of drug-likeness (QED) is 0.803. The summed E-state index contributed by atoms with van der Waals surface area (Å²) < 4.78 is 0. The number of rotatable bonds is 2. The second-order valence-electron chi connectivity index (χ2n) is 2.62. The summed E-state index contributed by atoms with van der Waals surface area (Å²) >= 11 is 1.45. The fourth-order valence-electron chi connectivity index (χ4n) is 1.14. The number of pyridine rings is 1. The molecule has 0 aliphatic rings. The van der Waals surface area contributed by atoms with Gasteiger partial charge in [-0.2, -0.15) is 0 Å². The van der Waals surface area contributed by atoms with E-state index in [9.17, 15) is 4.79 Å². The minimum absolute atomic E-state index is 0.454. The number of primary amides is 1. The van der Waals surface area contributed by atoms with E-state index in [1.165, 1.54) is 17.5 Å². The van der Waals surface area contributed by atoms with E-state index in [-0.39, 0.29) is 0 Å². The smallest absolute Gasteiger partial charge is 0.249 e. The molecule has 0 radical (unpaired) electrons. The zero-order valence-corrected chi connectivity index (χ0v) is 7.99. The molecule has 0 saturated heterocycles. The molecule has 0 saturated carbocycles. The van der Waals surface area contributed by atoms with E-state index < -0.39 is 5.91 Å². The third kappa shape index (κ3) is 1.49. The molecule has 0 aliphatic heterocycles. The molecule has 2 aromatic rings. The molecule has 2 N–H and O–H groups in total. The lowest BCUT2D eigenvalue weighted by molar-refractivity contribution is 0.100. The molecule has 0 atom stereocenters. The summed E-state index contributed by atoms with van der Waals surface area (Å²) in [7, 11) is 0. The Kier molecular flexibility index (Phi) is 2.24. The van der Waals surface area contributed by atoms with Crippen LogP contribution in [0.3, 0.4) is 0 Å². The highest BCUT2D eigenvalue weighted by Crippen LogP contribution is 2.23. The van der Waals surface area contributed by atoms with Gasteiger partial charge >= 0.3 is 0 Å². The molecule has 4 nitrogen and oxygen atoms in total. The molecule has 2 heterocycles. The largest absolute Gasteiger partial charge is 0.366 e. The summed E-state index contributed by atoms with van der Waals surface area (Å²) in [4.78, 5) is 19.1. The first-order valence-corrected chi connectivity index (χ1v) is 4.80. The van der Waals surface area contributed by atoms with Crippen molar-refractivity contribution in [2.45, 2.75) is 0 Å². The zero-order chi connectivity index (χ0) is 9.97. The van der Waals surface area contributed by atoms with Crippen LogP contribution in [0, 0.1) is 0 Å². The second kappa shape index (κ2) is 3.55. The lowest BCUT2D eigenvalue weighted by Crippen LogP contribution is -2.12. The Bertz CT molecular complexity index is 453. The Morgan fingerprint density at radius 1 is 1.43 bits per heavy atom. The summed E-state index contributed by atoms with van der Waals surface area (Å²) in [5.74, 6) is -0.461. The molecule has 0 unspecified atom stereocenters.